The monoisotopic (exact) mass is 307 g/mol. The summed E-state index contributed by atoms with van der Waals surface area (Å²) in [6, 6.07) is 3.30. The molecule has 0 aromatic heterocycles. The van der Waals surface area contributed by atoms with E-state index in [4.69, 9.17) is 11.6 Å². The highest BCUT2D eigenvalue weighted by Gasteiger charge is 2.26. The number of likely N-dealkylation sites (N-methyl/N-ethyl adjacent to an activating group) is 1. The van der Waals surface area contributed by atoms with Crippen molar-refractivity contribution in [3.8, 4) is 0 Å². The van der Waals surface area contributed by atoms with Gasteiger partial charge in [-0.1, -0.05) is 11.6 Å². The summed E-state index contributed by atoms with van der Waals surface area (Å²) in [5.74, 6) is 0. The third kappa shape index (κ3) is 4.13. The second-order valence-corrected chi connectivity index (χ2v) is 6.08. The van der Waals surface area contributed by atoms with E-state index in [1.807, 2.05) is 0 Å². The van der Waals surface area contributed by atoms with E-state index in [1.54, 1.807) is 14.0 Å². The third-order valence-corrected chi connectivity index (χ3v) is 4.17. The van der Waals surface area contributed by atoms with Gasteiger partial charge in [-0.3, -0.25) is 10.1 Å². The maximum absolute atomic E-state index is 12.0. The predicted octanol–water partition coefficient (Wildman–Crippen LogP) is 1.13. The van der Waals surface area contributed by atoms with Crippen molar-refractivity contribution in [1.82, 2.24) is 10.0 Å². The Kier molecular flexibility index (Phi) is 5.24. The van der Waals surface area contributed by atoms with Crippen LogP contribution in [0.2, 0.25) is 5.02 Å². The molecule has 1 aromatic carbocycles. The molecule has 9 heteroatoms. The number of hydrogen-bond acceptors (Lipinski definition) is 5. The predicted molar refractivity (Wildman–Crippen MR) is 71.8 cm³/mol. The van der Waals surface area contributed by atoms with Gasteiger partial charge in [0.05, 0.1) is 4.92 Å². The van der Waals surface area contributed by atoms with Crippen LogP contribution in [0.15, 0.2) is 23.1 Å². The summed E-state index contributed by atoms with van der Waals surface area (Å²) in [5.41, 5.74) is -0.506. The molecule has 0 spiro atoms. The molecule has 0 saturated heterocycles. The van der Waals surface area contributed by atoms with Crippen LogP contribution in [0.5, 0.6) is 0 Å². The minimum Gasteiger partial charge on any atom is -0.316 e. The van der Waals surface area contributed by atoms with Crippen LogP contribution in [-0.4, -0.2) is 33.0 Å². The SMILES string of the molecule is CNC(C)CNS(=O)(=O)c1cc(Cl)ccc1[N+](=O)[O-]. The summed E-state index contributed by atoms with van der Waals surface area (Å²) in [6.07, 6.45) is 0. The molecule has 1 aromatic rings. The molecule has 0 bridgehead atoms. The Bertz CT molecular complexity index is 576. The van der Waals surface area contributed by atoms with E-state index < -0.39 is 25.5 Å². The first-order valence-corrected chi connectivity index (χ1v) is 7.25. The molecule has 7 nitrogen and oxygen atoms in total. The van der Waals surface area contributed by atoms with Crippen LogP contribution < -0.4 is 10.0 Å². The van der Waals surface area contributed by atoms with Crippen molar-refractivity contribution in [2.45, 2.75) is 17.9 Å². The van der Waals surface area contributed by atoms with Crippen LogP contribution >= 0.6 is 11.6 Å². The number of sulfonamides is 1. The van der Waals surface area contributed by atoms with Gasteiger partial charge in [0.1, 0.15) is 0 Å². The minimum absolute atomic E-state index is 0.104. The van der Waals surface area contributed by atoms with E-state index in [-0.39, 0.29) is 17.6 Å². The molecular weight excluding hydrogens is 294 g/mol. The second-order valence-electron chi connectivity index (χ2n) is 3.91. The lowest BCUT2D eigenvalue weighted by Crippen LogP contribution is -2.37. The number of rotatable bonds is 6. The van der Waals surface area contributed by atoms with Crippen LogP contribution in [0.25, 0.3) is 0 Å². The quantitative estimate of drug-likeness (QED) is 0.606. The van der Waals surface area contributed by atoms with E-state index in [9.17, 15) is 18.5 Å². The Morgan fingerprint density at radius 1 is 1.47 bits per heavy atom. The first-order valence-electron chi connectivity index (χ1n) is 5.39. The van der Waals surface area contributed by atoms with Crippen LogP contribution in [0.3, 0.4) is 0 Å². The van der Waals surface area contributed by atoms with E-state index in [2.05, 4.69) is 10.0 Å². The van der Waals surface area contributed by atoms with Gasteiger partial charge in [0.15, 0.2) is 4.90 Å². The number of benzene rings is 1. The molecule has 0 aliphatic heterocycles. The molecule has 0 heterocycles. The summed E-state index contributed by atoms with van der Waals surface area (Å²) in [7, 11) is -2.30. The molecule has 0 amide bonds. The van der Waals surface area contributed by atoms with Crippen molar-refractivity contribution in [2.24, 2.45) is 0 Å². The fourth-order valence-corrected chi connectivity index (χ4v) is 2.83. The van der Waals surface area contributed by atoms with Crippen molar-refractivity contribution >= 4 is 27.3 Å². The summed E-state index contributed by atoms with van der Waals surface area (Å²) in [6.45, 7) is 1.89. The molecule has 0 fully saturated rings. The van der Waals surface area contributed by atoms with Crippen molar-refractivity contribution in [1.29, 1.82) is 0 Å². The molecule has 0 aliphatic carbocycles. The summed E-state index contributed by atoms with van der Waals surface area (Å²) in [5, 5.41) is 13.8. The van der Waals surface area contributed by atoms with Gasteiger partial charge < -0.3 is 5.32 Å². The normalized spacial score (nSPS) is 13.2. The minimum atomic E-state index is -3.98. The molecule has 0 saturated carbocycles. The van der Waals surface area contributed by atoms with Gasteiger partial charge >= 0.3 is 0 Å². The average Bonchev–Trinajstić information content (AvgIpc) is 2.35. The van der Waals surface area contributed by atoms with Crippen molar-refractivity contribution in [3.63, 3.8) is 0 Å². The lowest BCUT2D eigenvalue weighted by molar-refractivity contribution is -0.387. The van der Waals surface area contributed by atoms with Gasteiger partial charge in [0, 0.05) is 23.7 Å². The third-order valence-electron chi connectivity index (χ3n) is 2.48. The van der Waals surface area contributed by atoms with E-state index in [1.165, 1.54) is 6.07 Å². The van der Waals surface area contributed by atoms with Crippen molar-refractivity contribution in [2.75, 3.05) is 13.6 Å². The van der Waals surface area contributed by atoms with Crippen LogP contribution in [-0.2, 0) is 10.0 Å². The Morgan fingerprint density at radius 2 is 2.11 bits per heavy atom. The number of hydrogen-bond donors (Lipinski definition) is 2. The fraction of sp³-hybridized carbons (Fsp3) is 0.400. The van der Waals surface area contributed by atoms with Gasteiger partial charge in [-0.15, -0.1) is 0 Å². The molecule has 19 heavy (non-hydrogen) atoms. The number of nitro benzene ring substituents is 1. The van der Waals surface area contributed by atoms with Crippen LogP contribution in [0, 0.1) is 10.1 Å². The first kappa shape index (κ1) is 15.8. The Labute approximate surface area is 116 Å². The van der Waals surface area contributed by atoms with Gasteiger partial charge in [0.2, 0.25) is 10.0 Å². The highest BCUT2D eigenvalue weighted by molar-refractivity contribution is 7.89. The zero-order valence-electron chi connectivity index (χ0n) is 10.4. The highest BCUT2D eigenvalue weighted by Crippen LogP contribution is 2.26. The van der Waals surface area contributed by atoms with E-state index in [0.29, 0.717) is 0 Å². The summed E-state index contributed by atoms with van der Waals surface area (Å²) in [4.78, 5) is 9.64. The van der Waals surface area contributed by atoms with E-state index >= 15 is 0 Å². The first-order chi connectivity index (χ1) is 8.77. The topological polar surface area (TPSA) is 101 Å². The maximum atomic E-state index is 12.0. The van der Waals surface area contributed by atoms with Crippen molar-refractivity contribution in [3.05, 3.63) is 33.3 Å². The number of halogens is 1. The number of nitrogens with one attached hydrogen (secondary N) is 2. The fourth-order valence-electron chi connectivity index (χ4n) is 1.27. The highest BCUT2D eigenvalue weighted by atomic mass is 35.5. The van der Waals surface area contributed by atoms with Gasteiger partial charge in [-0.05, 0) is 26.1 Å². The largest absolute Gasteiger partial charge is 0.316 e. The van der Waals surface area contributed by atoms with Crippen molar-refractivity contribution < 1.29 is 13.3 Å². The Hall–Kier alpha value is -1.22. The molecule has 0 aliphatic rings. The summed E-state index contributed by atoms with van der Waals surface area (Å²) >= 11 is 5.69. The number of nitrogens with zero attached hydrogens (tertiary/aromatic N) is 1. The molecule has 1 unspecified atom stereocenters. The summed E-state index contributed by atoms with van der Waals surface area (Å²) < 4.78 is 26.4. The lowest BCUT2D eigenvalue weighted by Gasteiger charge is -2.12. The van der Waals surface area contributed by atoms with Gasteiger partial charge in [-0.25, -0.2) is 13.1 Å². The zero-order chi connectivity index (χ0) is 14.6. The second kappa shape index (κ2) is 6.29. The lowest BCUT2D eigenvalue weighted by atomic mass is 10.3. The van der Waals surface area contributed by atoms with Gasteiger partial charge in [-0.2, -0.15) is 0 Å². The molecule has 106 valence electrons. The maximum Gasteiger partial charge on any atom is 0.289 e. The smallest absolute Gasteiger partial charge is 0.289 e. The molecular formula is C10H14ClN3O4S. The standard InChI is InChI=1S/C10H14ClN3O4S/c1-7(12-2)6-13-19(17,18)10-5-8(11)3-4-9(10)14(15)16/h3-5,7,12-13H,6H2,1-2H3. The van der Waals surface area contributed by atoms with E-state index in [0.717, 1.165) is 12.1 Å². The molecule has 2 N–H and O–H groups in total. The van der Waals surface area contributed by atoms with Crippen LogP contribution in [0.1, 0.15) is 6.92 Å². The van der Waals surface area contributed by atoms with Crippen LogP contribution in [0.4, 0.5) is 5.69 Å². The molecule has 0 radical (unpaired) electrons. The zero-order valence-corrected chi connectivity index (χ0v) is 12.0. The molecule has 1 rings (SSSR count). The van der Waals surface area contributed by atoms with Gasteiger partial charge in [0.25, 0.3) is 5.69 Å². The Balaban J connectivity index is 3.13. The molecule has 1 atom stereocenters. The number of nitro groups is 1. The average molecular weight is 308 g/mol. The Morgan fingerprint density at radius 3 is 2.63 bits per heavy atom.